The molecule has 0 bridgehead atoms. The maximum absolute atomic E-state index is 12.0. The van der Waals surface area contributed by atoms with Gasteiger partial charge in [0.25, 0.3) is 0 Å². The normalized spacial score (nSPS) is 13.0. The summed E-state index contributed by atoms with van der Waals surface area (Å²) in [7, 11) is -3.22. The number of sulfone groups is 1. The Hall–Kier alpha value is -2.11. The lowest BCUT2D eigenvalue weighted by atomic mass is 10.1. The van der Waals surface area contributed by atoms with Gasteiger partial charge in [0.15, 0.2) is 9.84 Å². The lowest BCUT2D eigenvalue weighted by molar-refractivity contribution is -0.117. The fourth-order valence-electron chi connectivity index (χ4n) is 2.12. The molecule has 0 spiro atoms. The van der Waals surface area contributed by atoms with Crippen molar-refractivity contribution in [1.29, 1.82) is 0 Å². The van der Waals surface area contributed by atoms with Crippen LogP contribution in [0.1, 0.15) is 24.1 Å². The molecule has 0 aromatic heterocycles. The third kappa shape index (κ3) is 4.94. The molecule has 2 rings (SSSR count). The minimum Gasteiger partial charge on any atom is -0.346 e. The van der Waals surface area contributed by atoms with Gasteiger partial charge in [0.1, 0.15) is 0 Å². The summed E-state index contributed by atoms with van der Waals surface area (Å²) in [5.74, 6) is -0.255. The van der Waals surface area contributed by atoms with E-state index in [0.29, 0.717) is 5.02 Å². The highest BCUT2D eigenvalue weighted by molar-refractivity contribution is 7.90. The first-order valence-corrected chi connectivity index (χ1v) is 9.57. The van der Waals surface area contributed by atoms with E-state index in [1.165, 1.54) is 18.2 Å². The molecule has 0 aliphatic heterocycles. The van der Waals surface area contributed by atoms with Crippen molar-refractivity contribution in [3.05, 3.63) is 70.8 Å². The second-order valence-electron chi connectivity index (χ2n) is 5.43. The first kappa shape index (κ1) is 18.2. The molecule has 4 nitrogen and oxygen atoms in total. The Kier molecular flexibility index (Phi) is 5.80. The van der Waals surface area contributed by atoms with E-state index >= 15 is 0 Å². The molecule has 2 aromatic carbocycles. The predicted molar refractivity (Wildman–Crippen MR) is 96.6 cm³/mol. The fourth-order valence-corrected chi connectivity index (χ4v) is 2.95. The average Bonchev–Trinajstić information content (AvgIpc) is 2.53. The van der Waals surface area contributed by atoms with Gasteiger partial charge in [-0.2, -0.15) is 0 Å². The Morgan fingerprint density at radius 2 is 1.75 bits per heavy atom. The molecule has 0 saturated carbocycles. The van der Waals surface area contributed by atoms with Gasteiger partial charge in [0, 0.05) is 17.4 Å². The van der Waals surface area contributed by atoms with Crippen molar-refractivity contribution in [2.24, 2.45) is 0 Å². The van der Waals surface area contributed by atoms with Crippen LogP contribution >= 0.6 is 11.6 Å². The summed E-state index contributed by atoms with van der Waals surface area (Å²) >= 11 is 6.03. The van der Waals surface area contributed by atoms with Gasteiger partial charge < -0.3 is 5.32 Å². The van der Waals surface area contributed by atoms with Crippen LogP contribution < -0.4 is 5.32 Å². The van der Waals surface area contributed by atoms with Crippen LogP contribution in [0.4, 0.5) is 0 Å². The third-order valence-corrected chi connectivity index (χ3v) is 4.96. The molecule has 0 radical (unpaired) electrons. The van der Waals surface area contributed by atoms with Crippen molar-refractivity contribution in [2.75, 3.05) is 6.26 Å². The largest absolute Gasteiger partial charge is 0.346 e. The van der Waals surface area contributed by atoms with Gasteiger partial charge >= 0.3 is 0 Å². The molecule has 0 aliphatic carbocycles. The Bertz CT molecular complexity index is 858. The summed E-state index contributed by atoms with van der Waals surface area (Å²) in [6.07, 6.45) is 4.23. The third-order valence-electron chi connectivity index (χ3n) is 3.49. The molecule has 1 N–H and O–H groups in total. The van der Waals surface area contributed by atoms with Gasteiger partial charge in [-0.05, 0) is 42.3 Å². The van der Waals surface area contributed by atoms with Crippen LogP contribution in [0, 0.1) is 0 Å². The summed E-state index contributed by atoms with van der Waals surface area (Å²) in [5, 5.41) is 3.40. The predicted octanol–water partition coefficient (Wildman–Crippen LogP) is 3.63. The minimum absolute atomic E-state index is 0.248. The van der Waals surface area contributed by atoms with Gasteiger partial charge in [-0.15, -0.1) is 0 Å². The van der Waals surface area contributed by atoms with Crippen molar-refractivity contribution >= 4 is 33.4 Å². The maximum Gasteiger partial charge on any atom is 0.244 e. The number of hydrogen-bond acceptors (Lipinski definition) is 3. The van der Waals surface area contributed by atoms with Crippen molar-refractivity contribution in [3.8, 4) is 0 Å². The van der Waals surface area contributed by atoms with E-state index in [1.807, 2.05) is 25.1 Å². The molecule has 6 heteroatoms. The first-order valence-electron chi connectivity index (χ1n) is 7.30. The Morgan fingerprint density at radius 3 is 2.33 bits per heavy atom. The number of halogens is 1. The molecule has 0 saturated heterocycles. The van der Waals surface area contributed by atoms with Crippen molar-refractivity contribution in [3.63, 3.8) is 0 Å². The SMILES string of the molecule is CC(NC(=O)/C=C/c1ccccc1Cl)c1ccc(S(C)(=O)=O)cc1. The van der Waals surface area contributed by atoms with Gasteiger partial charge in [-0.25, -0.2) is 8.42 Å². The van der Waals surface area contributed by atoms with Gasteiger partial charge in [-0.3, -0.25) is 4.79 Å². The van der Waals surface area contributed by atoms with Crippen LogP contribution in [0.15, 0.2) is 59.5 Å². The monoisotopic (exact) mass is 363 g/mol. The molecule has 0 fully saturated rings. The number of nitrogens with one attached hydrogen (secondary N) is 1. The molecular formula is C18H18ClNO3S. The molecule has 2 aromatic rings. The van der Waals surface area contributed by atoms with E-state index in [2.05, 4.69) is 5.32 Å². The second kappa shape index (κ2) is 7.64. The van der Waals surface area contributed by atoms with Crippen LogP contribution in [-0.4, -0.2) is 20.6 Å². The minimum atomic E-state index is -3.22. The number of benzene rings is 2. The van der Waals surface area contributed by atoms with Crippen molar-refractivity contribution < 1.29 is 13.2 Å². The topological polar surface area (TPSA) is 63.2 Å². The van der Waals surface area contributed by atoms with E-state index in [-0.39, 0.29) is 16.8 Å². The Morgan fingerprint density at radius 1 is 1.12 bits per heavy atom. The van der Waals surface area contributed by atoms with E-state index in [9.17, 15) is 13.2 Å². The quantitative estimate of drug-likeness (QED) is 0.825. The van der Waals surface area contributed by atoms with E-state index < -0.39 is 9.84 Å². The molecule has 1 amide bonds. The summed E-state index contributed by atoms with van der Waals surface area (Å²) in [6.45, 7) is 1.83. The standard InChI is InChI=1S/C18H18ClNO3S/c1-13(14-7-10-16(11-8-14)24(2,22)23)20-18(21)12-9-15-5-3-4-6-17(15)19/h3-13H,1-2H3,(H,20,21)/b12-9+. The number of hydrogen-bond donors (Lipinski definition) is 1. The zero-order valence-corrected chi connectivity index (χ0v) is 14.9. The fraction of sp³-hybridized carbons (Fsp3) is 0.167. The van der Waals surface area contributed by atoms with Gasteiger partial charge in [0.05, 0.1) is 10.9 Å². The summed E-state index contributed by atoms with van der Waals surface area (Å²) in [6, 6.07) is 13.4. The average molecular weight is 364 g/mol. The zero-order valence-electron chi connectivity index (χ0n) is 13.4. The first-order chi connectivity index (χ1) is 11.3. The van der Waals surface area contributed by atoms with Gasteiger partial charge in [-0.1, -0.05) is 41.9 Å². The Labute approximate surface area is 147 Å². The number of amides is 1. The second-order valence-corrected chi connectivity index (χ2v) is 7.85. The molecule has 0 heterocycles. The number of carbonyl (C=O) groups is 1. The molecule has 126 valence electrons. The van der Waals surface area contributed by atoms with E-state index in [1.54, 1.807) is 24.3 Å². The molecule has 1 unspecified atom stereocenters. The zero-order chi connectivity index (χ0) is 17.7. The molecule has 0 aliphatic rings. The van der Waals surface area contributed by atoms with Crippen LogP contribution in [0.5, 0.6) is 0 Å². The molecule has 24 heavy (non-hydrogen) atoms. The summed E-state index contributed by atoms with van der Waals surface area (Å²) < 4.78 is 22.9. The Balaban J connectivity index is 2.02. The van der Waals surface area contributed by atoms with Gasteiger partial charge in [0.2, 0.25) is 5.91 Å². The maximum atomic E-state index is 12.0. The van der Waals surface area contributed by atoms with Crippen LogP contribution in [0.3, 0.4) is 0 Å². The smallest absolute Gasteiger partial charge is 0.244 e. The summed E-state index contributed by atoms with van der Waals surface area (Å²) in [4.78, 5) is 12.3. The van der Waals surface area contributed by atoms with E-state index in [4.69, 9.17) is 11.6 Å². The lowest BCUT2D eigenvalue weighted by Gasteiger charge is -2.13. The highest BCUT2D eigenvalue weighted by atomic mass is 35.5. The van der Waals surface area contributed by atoms with Crippen LogP contribution in [0.2, 0.25) is 5.02 Å². The van der Waals surface area contributed by atoms with Crippen LogP contribution in [0.25, 0.3) is 6.08 Å². The highest BCUT2D eigenvalue weighted by Gasteiger charge is 2.10. The number of carbonyl (C=O) groups excluding carboxylic acids is 1. The van der Waals surface area contributed by atoms with E-state index in [0.717, 1.165) is 17.4 Å². The molecule has 1 atom stereocenters. The van der Waals surface area contributed by atoms with Crippen LogP contribution in [-0.2, 0) is 14.6 Å². The van der Waals surface area contributed by atoms with Crippen molar-refractivity contribution in [1.82, 2.24) is 5.32 Å². The van der Waals surface area contributed by atoms with Crippen molar-refractivity contribution in [2.45, 2.75) is 17.9 Å². The number of rotatable bonds is 5. The lowest BCUT2D eigenvalue weighted by Crippen LogP contribution is -2.24. The summed E-state index contributed by atoms with van der Waals surface area (Å²) in [5.41, 5.74) is 1.58. The highest BCUT2D eigenvalue weighted by Crippen LogP contribution is 2.18. The molecular weight excluding hydrogens is 346 g/mol.